The van der Waals surface area contributed by atoms with E-state index < -0.39 is 0 Å². The van der Waals surface area contributed by atoms with Gasteiger partial charge in [0.15, 0.2) is 0 Å². The number of nitrogens with zero attached hydrogens (tertiary/aromatic N) is 2. The van der Waals surface area contributed by atoms with E-state index in [0.29, 0.717) is 6.42 Å². The van der Waals surface area contributed by atoms with Gasteiger partial charge in [0.05, 0.1) is 32.6 Å². The first kappa shape index (κ1) is 29.3. The summed E-state index contributed by atoms with van der Waals surface area (Å²) >= 11 is 0. The normalized spacial score (nSPS) is 10.3. The second-order valence-electron chi connectivity index (χ2n) is 7.78. The van der Waals surface area contributed by atoms with Gasteiger partial charge in [-0.05, 0) is 31.2 Å². The van der Waals surface area contributed by atoms with Crippen LogP contribution in [0.2, 0.25) is 0 Å². The first-order chi connectivity index (χ1) is 14.0. The lowest BCUT2D eigenvalue weighted by atomic mass is 10.1. The van der Waals surface area contributed by atoms with Crippen LogP contribution in [0.25, 0.3) is 0 Å². The molecule has 4 nitrogen and oxygen atoms in total. The summed E-state index contributed by atoms with van der Waals surface area (Å²) in [6, 6.07) is 9.44. The molecule has 29 heavy (non-hydrogen) atoms. The summed E-state index contributed by atoms with van der Waals surface area (Å²) in [6.45, 7) is 19.8. The summed E-state index contributed by atoms with van der Waals surface area (Å²) in [5, 5.41) is 6.25. The summed E-state index contributed by atoms with van der Waals surface area (Å²) in [5.74, 6) is -0.286. The Morgan fingerprint density at radius 1 is 0.793 bits per heavy atom. The number of quaternary nitrogens is 1. The van der Waals surface area contributed by atoms with Gasteiger partial charge in [0, 0.05) is 0 Å². The van der Waals surface area contributed by atoms with Gasteiger partial charge in [0.1, 0.15) is 0 Å². The third-order valence-corrected chi connectivity index (χ3v) is 5.17. The summed E-state index contributed by atoms with van der Waals surface area (Å²) < 4.78 is 1.42. The van der Waals surface area contributed by atoms with Crippen LogP contribution in [0.4, 0.5) is 0 Å². The molecule has 0 saturated carbocycles. The number of nitrogens with two attached hydrogens (primary N) is 1. The highest BCUT2D eigenvalue weighted by Gasteiger charge is 2.24. The van der Waals surface area contributed by atoms with Crippen LogP contribution >= 0.6 is 0 Å². The van der Waals surface area contributed by atoms with Crippen molar-refractivity contribution in [3.63, 3.8) is 0 Å². The first-order valence-electron chi connectivity index (χ1n) is 11.4. The van der Waals surface area contributed by atoms with E-state index >= 15 is 0 Å². The van der Waals surface area contributed by atoms with E-state index in [1.165, 1.54) is 82.0 Å². The topological polar surface area (TPSA) is 66.9 Å². The Morgan fingerprint density at radius 2 is 1.14 bits per heavy atom. The third kappa shape index (κ3) is 16.8. The molecule has 2 N–H and O–H groups in total. The van der Waals surface area contributed by atoms with Crippen LogP contribution in [0.5, 0.6) is 0 Å². The fraction of sp³-hybridized carbons (Fsp3) is 0.680. The molecule has 0 aromatic heterocycles. The molecular weight excluding hydrogens is 358 g/mol. The molecule has 0 saturated heterocycles. The highest BCUT2D eigenvalue weighted by atomic mass is 16.1. The molecule has 0 atom stereocenters. The van der Waals surface area contributed by atoms with E-state index in [-0.39, 0.29) is 5.91 Å². The molecular formula is C25H45N3O. The van der Waals surface area contributed by atoms with Gasteiger partial charge >= 0.3 is 0 Å². The molecule has 0 heterocycles. The van der Waals surface area contributed by atoms with Crippen molar-refractivity contribution < 1.29 is 9.28 Å². The van der Waals surface area contributed by atoms with Crippen LogP contribution in [0.1, 0.15) is 84.6 Å². The number of benzene rings is 1. The van der Waals surface area contributed by atoms with Gasteiger partial charge in [0.25, 0.3) is 0 Å². The van der Waals surface area contributed by atoms with Gasteiger partial charge in [-0.3, -0.25) is 4.79 Å². The van der Waals surface area contributed by atoms with Gasteiger partial charge in [-0.25, -0.2) is 0 Å². The largest absolute Gasteiger partial charge is 0.512 e. The van der Waals surface area contributed by atoms with E-state index in [9.17, 15) is 4.79 Å². The number of carbonyl (C=O) groups is 1. The lowest BCUT2D eigenvalue weighted by Gasteiger charge is -2.39. The second kappa shape index (κ2) is 20.9. The molecule has 0 fully saturated rings. The zero-order chi connectivity index (χ0) is 22.4. The first-order valence-corrected chi connectivity index (χ1v) is 11.4. The molecule has 0 aliphatic carbocycles. The van der Waals surface area contributed by atoms with Gasteiger partial charge < -0.3 is 22.1 Å². The molecule has 1 rings (SSSR count). The highest BCUT2D eigenvalue weighted by molar-refractivity contribution is 5.76. The molecule has 1 amide bonds. The van der Waals surface area contributed by atoms with Crippen LogP contribution in [0.15, 0.2) is 30.3 Å². The molecule has 0 unspecified atom stereocenters. The number of primary amides is 1. The van der Waals surface area contributed by atoms with Crippen LogP contribution in [0, 0.1) is 11.8 Å². The fourth-order valence-corrected chi connectivity index (χ4v) is 3.44. The number of hydrogen-bond acceptors (Lipinski definition) is 2. The van der Waals surface area contributed by atoms with Crippen molar-refractivity contribution in [2.75, 3.05) is 26.2 Å². The molecule has 0 spiro atoms. The lowest BCUT2D eigenvalue weighted by Crippen LogP contribution is -2.50. The van der Waals surface area contributed by atoms with Gasteiger partial charge in [-0.1, -0.05) is 83.7 Å². The zero-order valence-corrected chi connectivity index (χ0v) is 19.5. The van der Waals surface area contributed by atoms with Crippen LogP contribution in [-0.4, -0.2) is 36.6 Å². The van der Waals surface area contributed by atoms with E-state index in [1.54, 1.807) is 0 Å². The SMILES string of the molecule is CCCC[N+](CCCC)(CCCC)CCCC.NC(=O)Cc1ccccc1.[C-]#N. The summed E-state index contributed by atoms with van der Waals surface area (Å²) in [6.07, 6.45) is 11.4. The molecule has 166 valence electrons. The van der Waals surface area contributed by atoms with E-state index in [4.69, 9.17) is 17.6 Å². The highest BCUT2D eigenvalue weighted by Crippen LogP contribution is 2.16. The van der Waals surface area contributed by atoms with E-state index in [1.807, 2.05) is 30.3 Å². The summed E-state index contributed by atoms with van der Waals surface area (Å²) in [5.41, 5.74) is 5.95. The predicted octanol–water partition coefficient (Wildman–Crippen LogP) is 5.81. The van der Waals surface area contributed by atoms with Crippen molar-refractivity contribution >= 4 is 5.91 Å². The Bertz CT molecular complexity index is 462. The van der Waals surface area contributed by atoms with Crippen LogP contribution < -0.4 is 5.73 Å². The van der Waals surface area contributed by atoms with Crippen molar-refractivity contribution in [1.82, 2.24) is 0 Å². The van der Waals surface area contributed by atoms with Crippen molar-refractivity contribution in [3.05, 3.63) is 42.5 Å². The van der Waals surface area contributed by atoms with Crippen molar-refractivity contribution in [2.24, 2.45) is 5.73 Å². The molecule has 0 aliphatic rings. The van der Waals surface area contributed by atoms with E-state index in [0.717, 1.165) is 5.56 Å². The standard InChI is InChI=1S/C16H36N.C8H9NO.CN/c1-5-9-13-17(14-10-6-2,15-11-7-3)16-12-8-4;9-8(10)6-7-4-2-1-3-5-7;1-2/h5-16H2,1-4H3;1-5H,6H2,(H2,9,10);/q+1;;-1. The zero-order valence-electron chi connectivity index (χ0n) is 19.5. The monoisotopic (exact) mass is 403 g/mol. The average molecular weight is 404 g/mol. The average Bonchev–Trinajstić information content (AvgIpc) is 2.75. The van der Waals surface area contributed by atoms with E-state index in [2.05, 4.69) is 27.7 Å². The van der Waals surface area contributed by atoms with Crippen LogP contribution in [-0.2, 0) is 11.2 Å². The number of carbonyl (C=O) groups excluding carboxylic acids is 1. The van der Waals surface area contributed by atoms with Gasteiger partial charge in [-0.15, -0.1) is 0 Å². The quantitative estimate of drug-likeness (QED) is 0.314. The van der Waals surface area contributed by atoms with Crippen molar-refractivity contribution in [3.8, 4) is 0 Å². The Kier molecular flexibility index (Phi) is 21.1. The molecule has 0 bridgehead atoms. The number of hydrogen-bond donors (Lipinski definition) is 1. The molecule has 1 aromatic rings. The minimum atomic E-state index is -0.286. The maximum Gasteiger partial charge on any atom is 0.221 e. The molecule has 0 radical (unpaired) electrons. The van der Waals surface area contributed by atoms with Gasteiger partial charge in [0.2, 0.25) is 5.91 Å². The summed E-state index contributed by atoms with van der Waals surface area (Å²) in [4.78, 5) is 10.4. The Hall–Kier alpha value is -1.86. The van der Waals surface area contributed by atoms with Crippen LogP contribution in [0.3, 0.4) is 0 Å². The second-order valence-corrected chi connectivity index (χ2v) is 7.78. The molecule has 0 aliphatic heterocycles. The maximum absolute atomic E-state index is 10.4. The van der Waals surface area contributed by atoms with Gasteiger partial charge in [-0.2, -0.15) is 0 Å². The summed E-state index contributed by atoms with van der Waals surface area (Å²) in [7, 11) is 0. The smallest absolute Gasteiger partial charge is 0.221 e. The minimum Gasteiger partial charge on any atom is -0.512 e. The Balaban J connectivity index is 0. The van der Waals surface area contributed by atoms with Crippen molar-refractivity contribution in [2.45, 2.75) is 85.5 Å². The molecule has 4 heteroatoms. The Morgan fingerprint density at radius 3 is 1.41 bits per heavy atom. The predicted molar refractivity (Wildman–Crippen MR) is 124 cm³/mol. The number of unbranched alkanes of at least 4 members (excludes halogenated alkanes) is 4. The Labute approximate surface area is 180 Å². The molecule has 1 aromatic carbocycles. The number of amides is 1. The lowest BCUT2D eigenvalue weighted by molar-refractivity contribution is -0.929. The fourth-order valence-electron chi connectivity index (χ4n) is 3.44. The maximum atomic E-state index is 10.4. The minimum absolute atomic E-state index is 0.286. The third-order valence-electron chi connectivity index (χ3n) is 5.17. The number of rotatable bonds is 14. The van der Waals surface area contributed by atoms with Crippen molar-refractivity contribution in [1.29, 1.82) is 5.26 Å².